The van der Waals surface area contributed by atoms with Crippen LogP contribution < -0.4 is 0 Å². The third-order valence-electron chi connectivity index (χ3n) is 3.00. The molecular weight excluding hydrogens is 318 g/mol. The van der Waals surface area contributed by atoms with E-state index in [9.17, 15) is 5.11 Å². The first-order chi connectivity index (χ1) is 8.70. The van der Waals surface area contributed by atoms with Gasteiger partial charge in [-0.3, -0.25) is 0 Å². The first-order valence-electron chi connectivity index (χ1n) is 5.70. The molecule has 0 bridgehead atoms. The van der Waals surface area contributed by atoms with E-state index in [4.69, 9.17) is 11.6 Å². The van der Waals surface area contributed by atoms with Crippen molar-refractivity contribution in [3.63, 3.8) is 0 Å². The van der Waals surface area contributed by atoms with Gasteiger partial charge in [0, 0.05) is 16.1 Å². The monoisotopic (exact) mass is 327 g/mol. The van der Waals surface area contributed by atoms with Gasteiger partial charge in [-0.2, -0.15) is 0 Å². The van der Waals surface area contributed by atoms with E-state index in [0.717, 1.165) is 28.7 Å². The lowest BCUT2D eigenvalue weighted by Crippen LogP contribution is -2.03. The summed E-state index contributed by atoms with van der Waals surface area (Å²) in [5, 5.41) is 18.2. The molecule has 1 saturated carbocycles. The fourth-order valence-electron chi connectivity index (χ4n) is 1.98. The van der Waals surface area contributed by atoms with Crippen molar-refractivity contribution in [2.45, 2.75) is 25.5 Å². The molecule has 1 aliphatic carbocycles. The van der Waals surface area contributed by atoms with Crippen molar-refractivity contribution in [2.75, 3.05) is 0 Å². The molecule has 1 fully saturated rings. The number of benzene rings is 1. The SMILES string of the molecule is OCc1nnc(-c2ccc(Cl)c(Br)c2)n1C1CC1. The van der Waals surface area contributed by atoms with E-state index < -0.39 is 0 Å². The highest BCUT2D eigenvalue weighted by Crippen LogP contribution is 2.39. The summed E-state index contributed by atoms with van der Waals surface area (Å²) in [4.78, 5) is 0. The Balaban J connectivity index is 2.10. The highest BCUT2D eigenvalue weighted by Gasteiger charge is 2.29. The Labute approximate surface area is 118 Å². The third-order valence-corrected chi connectivity index (χ3v) is 4.21. The van der Waals surface area contributed by atoms with Gasteiger partial charge in [-0.15, -0.1) is 10.2 Å². The Morgan fingerprint density at radius 1 is 1.39 bits per heavy atom. The van der Waals surface area contributed by atoms with Crippen molar-refractivity contribution in [2.24, 2.45) is 0 Å². The van der Waals surface area contributed by atoms with Crippen molar-refractivity contribution >= 4 is 27.5 Å². The molecule has 18 heavy (non-hydrogen) atoms. The zero-order valence-electron chi connectivity index (χ0n) is 9.48. The molecule has 0 atom stereocenters. The predicted octanol–water partition coefficient (Wildman–Crippen LogP) is 3.19. The lowest BCUT2D eigenvalue weighted by atomic mass is 10.2. The molecule has 1 aromatic heterocycles. The second kappa shape index (κ2) is 4.64. The molecule has 1 heterocycles. The number of aromatic nitrogens is 3. The highest BCUT2D eigenvalue weighted by atomic mass is 79.9. The van der Waals surface area contributed by atoms with Crippen LogP contribution in [0.25, 0.3) is 11.4 Å². The van der Waals surface area contributed by atoms with E-state index in [1.807, 2.05) is 22.8 Å². The van der Waals surface area contributed by atoms with Gasteiger partial charge in [-0.05, 0) is 47.0 Å². The zero-order chi connectivity index (χ0) is 12.7. The van der Waals surface area contributed by atoms with Crippen molar-refractivity contribution in [3.8, 4) is 11.4 Å². The molecule has 0 radical (unpaired) electrons. The van der Waals surface area contributed by atoms with E-state index in [2.05, 4.69) is 26.1 Å². The third kappa shape index (κ3) is 2.06. The van der Waals surface area contributed by atoms with Crippen molar-refractivity contribution in [1.82, 2.24) is 14.8 Å². The fraction of sp³-hybridized carbons (Fsp3) is 0.333. The number of halogens is 2. The van der Waals surface area contributed by atoms with Crippen molar-refractivity contribution in [1.29, 1.82) is 0 Å². The van der Waals surface area contributed by atoms with Crippen LogP contribution in [0.1, 0.15) is 24.7 Å². The first-order valence-corrected chi connectivity index (χ1v) is 6.88. The van der Waals surface area contributed by atoms with E-state index >= 15 is 0 Å². The molecule has 0 amide bonds. The smallest absolute Gasteiger partial charge is 0.164 e. The number of hydrogen-bond donors (Lipinski definition) is 1. The molecule has 0 aliphatic heterocycles. The average molecular weight is 329 g/mol. The molecule has 0 spiro atoms. The summed E-state index contributed by atoms with van der Waals surface area (Å²) in [7, 11) is 0. The van der Waals surface area contributed by atoms with E-state index in [0.29, 0.717) is 16.9 Å². The van der Waals surface area contributed by atoms with Crippen LogP contribution in [0.2, 0.25) is 5.02 Å². The predicted molar refractivity (Wildman–Crippen MR) is 72.4 cm³/mol. The maximum atomic E-state index is 9.30. The number of aliphatic hydroxyl groups is 1. The Morgan fingerprint density at radius 2 is 2.17 bits per heavy atom. The molecular formula is C12H11BrClN3O. The van der Waals surface area contributed by atoms with Gasteiger partial charge >= 0.3 is 0 Å². The molecule has 94 valence electrons. The first kappa shape index (κ1) is 12.1. The van der Waals surface area contributed by atoms with Crippen LogP contribution in [0.5, 0.6) is 0 Å². The highest BCUT2D eigenvalue weighted by molar-refractivity contribution is 9.10. The Kier molecular flexibility index (Phi) is 3.13. The Hall–Kier alpha value is -0.910. The van der Waals surface area contributed by atoms with Crippen molar-refractivity contribution < 1.29 is 5.11 Å². The lowest BCUT2D eigenvalue weighted by molar-refractivity contribution is 0.265. The molecule has 6 heteroatoms. The summed E-state index contributed by atoms with van der Waals surface area (Å²) in [6.07, 6.45) is 2.24. The fourth-order valence-corrected chi connectivity index (χ4v) is 2.48. The van der Waals surface area contributed by atoms with Crippen LogP contribution in [0.4, 0.5) is 0 Å². The largest absolute Gasteiger partial charge is 0.388 e. The molecule has 1 N–H and O–H groups in total. The maximum Gasteiger partial charge on any atom is 0.164 e. The summed E-state index contributed by atoms with van der Waals surface area (Å²) in [6.45, 7) is -0.0851. The van der Waals surface area contributed by atoms with Gasteiger partial charge in [0.25, 0.3) is 0 Å². The summed E-state index contributed by atoms with van der Waals surface area (Å²) in [5.74, 6) is 1.41. The van der Waals surface area contributed by atoms with Gasteiger partial charge in [-0.1, -0.05) is 11.6 Å². The molecule has 1 aliphatic rings. The summed E-state index contributed by atoms with van der Waals surface area (Å²) in [6, 6.07) is 6.08. The Morgan fingerprint density at radius 3 is 2.78 bits per heavy atom. The minimum absolute atomic E-state index is 0.0851. The number of nitrogens with zero attached hydrogens (tertiary/aromatic N) is 3. The summed E-state index contributed by atoms with van der Waals surface area (Å²) >= 11 is 9.39. The topological polar surface area (TPSA) is 50.9 Å². The lowest BCUT2D eigenvalue weighted by Gasteiger charge is -2.08. The van der Waals surface area contributed by atoms with Crippen LogP contribution in [-0.2, 0) is 6.61 Å². The molecule has 1 aromatic carbocycles. The molecule has 3 rings (SSSR count). The van der Waals surface area contributed by atoms with Crippen LogP contribution in [-0.4, -0.2) is 19.9 Å². The van der Waals surface area contributed by atoms with Gasteiger partial charge in [0.2, 0.25) is 0 Å². The van der Waals surface area contributed by atoms with E-state index in [-0.39, 0.29) is 6.61 Å². The standard InChI is InChI=1S/C12H11BrClN3O/c13-9-5-7(1-4-10(9)14)12-16-15-11(6-18)17(12)8-2-3-8/h1,4-5,8,18H,2-3,6H2. The minimum Gasteiger partial charge on any atom is -0.388 e. The molecule has 0 saturated heterocycles. The second-order valence-corrected chi connectivity index (χ2v) is 5.59. The van der Waals surface area contributed by atoms with Gasteiger partial charge in [0.1, 0.15) is 6.61 Å². The zero-order valence-corrected chi connectivity index (χ0v) is 11.8. The van der Waals surface area contributed by atoms with E-state index in [1.165, 1.54) is 0 Å². The van der Waals surface area contributed by atoms with Gasteiger partial charge in [-0.25, -0.2) is 0 Å². The Bertz CT molecular complexity index is 595. The number of aliphatic hydroxyl groups excluding tert-OH is 1. The second-order valence-electron chi connectivity index (χ2n) is 4.33. The minimum atomic E-state index is -0.0851. The van der Waals surface area contributed by atoms with Crippen LogP contribution >= 0.6 is 27.5 Å². The van der Waals surface area contributed by atoms with Crippen molar-refractivity contribution in [3.05, 3.63) is 33.5 Å². The maximum absolute atomic E-state index is 9.30. The quantitative estimate of drug-likeness (QED) is 0.941. The number of hydrogen-bond acceptors (Lipinski definition) is 3. The van der Waals surface area contributed by atoms with Crippen LogP contribution in [0.3, 0.4) is 0 Å². The normalized spacial score (nSPS) is 15.1. The molecule has 0 unspecified atom stereocenters. The average Bonchev–Trinajstić information content (AvgIpc) is 3.12. The molecule has 2 aromatic rings. The number of rotatable bonds is 3. The summed E-state index contributed by atoms with van der Waals surface area (Å²) in [5.41, 5.74) is 0.949. The summed E-state index contributed by atoms with van der Waals surface area (Å²) < 4.78 is 2.85. The molecule has 4 nitrogen and oxygen atoms in total. The van der Waals surface area contributed by atoms with Crippen LogP contribution in [0.15, 0.2) is 22.7 Å². The van der Waals surface area contributed by atoms with Crippen LogP contribution in [0, 0.1) is 0 Å². The van der Waals surface area contributed by atoms with Gasteiger partial charge in [0.05, 0.1) is 5.02 Å². The van der Waals surface area contributed by atoms with Gasteiger partial charge < -0.3 is 9.67 Å². The van der Waals surface area contributed by atoms with E-state index in [1.54, 1.807) is 0 Å². The van der Waals surface area contributed by atoms with Gasteiger partial charge in [0.15, 0.2) is 11.6 Å².